The zero-order valence-electron chi connectivity index (χ0n) is 11.9. The second-order valence-corrected chi connectivity index (χ2v) is 5.51. The summed E-state index contributed by atoms with van der Waals surface area (Å²) in [6, 6.07) is 4.99. The Kier molecular flexibility index (Phi) is 5.38. The molecule has 0 saturated carbocycles. The molecule has 2 rings (SSSR count). The first-order valence-electron chi connectivity index (χ1n) is 6.90. The van der Waals surface area contributed by atoms with Crippen molar-refractivity contribution >= 4 is 22.6 Å². The Morgan fingerprint density at radius 3 is 2.90 bits per heavy atom. The molecule has 0 radical (unpaired) electrons. The van der Waals surface area contributed by atoms with Gasteiger partial charge in [0.2, 0.25) is 0 Å². The van der Waals surface area contributed by atoms with Crippen molar-refractivity contribution in [3.63, 3.8) is 0 Å². The van der Waals surface area contributed by atoms with Gasteiger partial charge in [-0.15, -0.1) is 11.6 Å². The highest BCUT2D eigenvalue weighted by Crippen LogP contribution is 2.20. The maximum atomic E-state index is 13.7. The second-order valence-electron chi connectivity index (χ2n) is 5.24. The summed E-state index contributed by atoms with van der Waals surface area (Å²) >= 11 is 5.90. The highest BCUT2D eigenvalue weighted by atomic mass is 35.5. The first-order valence-corrected chi connectivity index (χ1v) is 7.44. The van der Waals surface area contributed by atoms with Crippen LogP contribution in [0.2, 0.25) is 0 Å². The first-order chi connectivity index (χ1) is 9.63. The van der Waals surface area contributed by atoms with Crippen molar-refractivity contribution in [2.75, 3.05) is 13.2 Å². The number of hydrogen-bond donors (Lipinski definition) is 0. The van der Waals surface area contributed by atoms with Crippen LogP contribution in [0.15, 0.2) is 18.2 Å². The number of nitrogens with zero attached hydrogens (tertiary/aromatic N) is 2. The van der Waals surface area contributed by atoms with Crippen LogP contribution in [0.1, 0.15) is 26.1 Å². The second kappa shape index (κ2) is 7.04. The van der Waals surface area contributed by atoms with Gasteiger partial charge in [-0.3, -0.25) is 0 Å². The molecule has 0 amide bonds. The third-order valence-electron chi connectivity index (χ3n) is 3.05. The van der Waals surface area contributed by atoms with E-state index in [1.54, 1.807) is 6.07 Å². The highest BCUT2D eigenvalue weighted by molar-refractivity contribution is 6.16. The van der Waals surface area contributed by atoms with Crippen LogP contribution in [0, 0.1) is 11.7 Å². The van der Waals surface area contributed by atoms with Gasteiger partial charge in [-0.2, -0.15) is 0 Å². The van der Waals surface area contributed by atoms with Gasteiger partial charge in [0.25, 0.3) is 0 Å². The predicted octanol–water partition coefficient (Wildman–Crippen LogP) is 3.98. The zero-order chi connectivity index (χ0) is 14.5. The van der Waals surface area contributed by atoms with Crippen LogP contribution in [0.25, 0.3) is 11.0 Å². The van der Waals surface area contributed by atoms with E-state index in [1.807, 2.05) is 10.6 Å². The Hall–Kier alpha value is -1.13. The Morgan fingerprint density at radius 1 is 1.40 bits per heavy atom. The monoisotopic (exact) mass is 298 g/mol. The lowest BCUT2D eigenvalue weighted by Gasteiger charge is -2.09. The summed E-state index contributed by atoms with van der Waals surface area (Å²) in [5, 5.41) is 0. The topological polar surface area (TPSA) is 27.1 Å². The molecule has 0 atom stereocenters. The standard InChI is InChI=1S/C15H20ClFN2O/c1-11(2)10-20-8-4-7-19-13-6-3-5-12(17)15(13)18-14(19)9-16/h3,5-6,11H,4,7-10H2,1-2H3. The molecule has 0 bridgehead atoms. The minimum atomic E-state index is -0.302. The molecule has 20 heavy (non-hydrogen) atoms. The number of aromatic nitrogens is 2. The smallest absolute Gasteiger partial charge is 0.151 e. The van der Waals surface area contributed by atoms with E-state index < -0.39 is 0 Å². The van der Waals surface area contributed by atoms with Crippen molar-refractivity contribution in [2.45, 2.75) is 32.7 Å². The molecule has 1 aromatic heterocycles. The fourth-order valence-corrected chi connectivity index (χ4v) is 2.36. The summed E-state index contributed by atoms with van der Waals surface area (Å²) in [5.41, 5.74) is 1.19. The minimum Gasteiger partial charge on any atom is -0.381 e. The quantitative estimate of drug-likeness (QED) is 0.571. The highest BCUT2D eigenvalue weighted by Gasteiger charge is 2.12. The molecule has 0 aliphatic heterocycles. The fraction of sp³-hybridized carbons (Fsp3) is 0.533. The van der Waals surface area contributed by atoms with Crippen LogP contribution >= 0.6 is 11.6 Å². The number of halogens is 2. The fourth-order valence-electron chi connectivity index (χ4n) is 2.16. The van der Waals surface area contributed by atoms with Gasteiger partial charge in [-0.25, -0.2) is 9.37 Å². The maximum Gasteiger partial charge on any atom is 0.151 e. The van der Waals surface area contributed by atoms with Crippen molar-refractivity contribution in [1.82, 2.24) is 9.55 Å². The lowest BCUT2D eigenvalue weighted by Crippen LogP contribution is -2.08. The lowest BCUT2D eigenvalue weighted by molar-refractivity contribution is 0.105. The molecule has 0 spiro atoms. The van der Waals surface area contributed by atoms with Crippen molar-refractivity contribution < 1.29 is 9.13 Å². The largest absolute Gasteiger partial charge is 0.381 e. The van der Waals surface area contributed by atoms with E-state index in [2.05, 4.69) is 18.8 Å². The van der Waals surface area contributed by atoms with Crippen molar-refractivity contribution in [2.24, 2.45) is 5.92 Å². The average Bonchev–Trinajstić information content (AvgIpc) is 2.78. The molecule has 1 aromatic carbocycles. The molecule has 3 nitrogen and oxygen atoms in total. The predicted molar refractivity (Wildman–Crippen MR) is 79.5 cm³/mol. The molecule has 5 heteroatoms. The summed E-state index contributed by atoms with van der Waals surface area (Å²) in [6.07, 6.45) is 0.860. The number of imidazole rings is 1. The number of ether oxygens (including phenoxy) is 1. The molecule has 0 unspecified atom stereocenters. The van der Waals surface area contributed by atoms with Crippen LogP contribution < -0.4 is 0 Å². The van der Waals surface area contributed by atoms with Gasteiger partial charge in [0, 0.05) is 19.8 Å². The first kappa shape index (κ1) is 15.3. The van der Waals surface area contributed by atoms with Gasteiger partial charge in [-0.1, -0.05) is 19.9 Å². The summed E-state index contributed by atoms with van der Waals surface area (Å²) in [4.78, 5) is 4.27. The number of benzene rings is 1. The molecule has 0 saturated heterocycles. The van der Waals surface area contributed by atoms with Gasteiger partial charge >= 0.3 is 0 Å². The van der Waals surface area contributed by atoms with E-state index in [0.29, 0.717) is 23.9 Å². The Balaban J connectivity index is 2.07. The van der Waals surface area contributed by atoms with E-state index in [1.165, 1.54) is 6.07 Å². The lowest BCUT2D eigenvalue weighted by atomic mass is 10.2. The van der Waals surface area contributed by atoms with E-state index in [4.69, 9.17) is 16.3 Å². The molecular weight excluding hydrogens is 279 g/mol. The van der Waals surface area contributed by atoms with Gasteiger partial charge in [-0.05, 0) is 24.5 Å². The number of aryl methyl sites for hydroxylation is 1. The van der Waals surface area contributed by atoms with E-state index in [0.717, 1.165) is 25.1 Å². The SMILES string of the molecule is CC(C)COCCCn1c(CCl)nc2c(F)cccc21. The number of fused-ring (bicyclic) bond motifs is 1. The van der Waals surface area contributed by atoms with Crippen molar-refractivity contribution in [1.29, 1.82) is 0 Å². The third kappa shape index (κ3) is 3.49. The van der Waals surface area contributed by atoms with E-state index in [-0.39, 0.29) is 11.7 Å². The van der Waals surface area contributed by atoms with Crippen LogP contribution in [0.3, 0.4) is 0 Å². The normalized spacial score (nSPS) is 11.7. The number of hydrogen-bond acceptors (Lipinski definition) is 2. The van der Waals surface area contributed by atoms with Gasteiger partial charge in [0.1, 0.15) is 11.3 Å². The Labute approximate surface area is 123 Å². The number of para-hydroxylation sites is 1. The van der Waals surface area contributed by atoms with Gasteiger partial charge in [0.05, 0.1) is 11.4 Å². The van der Waals surface area contributed by atoms with Gasteiger partial charge < -0.3 is 9.30 Å². The number of rotatable bonds is 7. The van der Waals surface area contributed by atoms with Crippen LogP contribution in [-0.4, -0.2) is 22.8 Å². The Bertz CT molecular complexity index is 568. The number of alkyl halides is 1. The minimum absolute atomic E-state index is 0.279. The molecular formula is C15H20ClFN2O. The van der Waals surface area contributed by atoms with Gasteiger partial charge in [0.15, 0.2) is 5.82 Å². The Morgan fingerprint density at radius 2 is 2.20 bits per heavy atom. The molecule has 1 heterocycles. The van der Waals surface area contributed by atoms with Crippen molar-refractivity contribution in [3.8, 4) is 0 Å². The average molecular weight is 299 g/mol. The van der Waals surface area contributed by atoms with Crippen LogP contribution in [0.5, 0.6) is 0 Å². The molecule has 2 aromatic rings. The van der Waals surface area contributed by atoms with E-state index >= 15 is 0 Å². The maximum absolute atomic E-state index is 13.7. The molecule has 110 valence electrons. The third-order valence-corrected chi connectivity index (χ3v) is 3.29. The van der Waals surface area contributed by atoms with Crippen molar-refractivity contribution in [3.05, 3.63) is 29.8 Å². The summed E-state index contributed by atoms with van der Waals surface area (Å²) in [5.74, 6) is 1.22. The molecule has 0 fully saturated rings. The zero-order valence-corrected chi connectivity index (χ0v) is 12.7. The summed E-state index contributed by atoms with van der Waals surface area (Å²) in [6.45, 7) is 6.44. The van der Waals surface area contributed by atoms with Crippen LogP contribution in [0.4, 0.5) is 4.39 Å². The molecule has 0 N–H and O–H groups in total. The summed E-state index contributed by atoms with van der Waals surface area (Å²) in [7, 11) is 0. The van der Waals surface area contributed by atoms with E-state index in [9.17, 15) is 4.39 Å². The molecule has 0 aliphatic carbocycles. The summed E-state index contributed by atoms with van der Waals surface area (Å²) < 4.78 is 21.2. The van der Waals surface area contributed by atoms with Crippen LogP contribution in [-0.2, 0) is 17.2 Å². The molecule has 0 aliphatic rings.